The van der Waals surface area contributed by atoms with E-state index in [0.29, 0.717) is 38.1 Å². The molecule has 1 aromatic heterocycles. The maximum atomic E-state index is 13.9. The molecule has 1 atom stereocenters. The van der Waals surface area contributed by atoms with E-state index in [1.54, 1.807) is 41.0 Å². The maximum Gasteiger partial charge on any atom is 0.409 e. The molecule has 41 heavy (non-hydrogen) atoms. The Morgan fingerprint density at radius 2 is 1.66 bits per heavy atom. The fraction of sp³-hybridized carbons (Fsp3) is 0.290. The summed E-state index contributed by atoms with van der Waals surface area (Å²) in [7, 11) is 0. The van der Waals surface area contributed by atoms with Crippen LogP contribution in [0.2, 0.25) is 0 Å². The summed E-state index contributed by atoms with van der Waals surface area (Å²) >= 11 is 0. The average molecular weight is 559 g/mol. The van der Waals surface area contributed by atoms with E-state index < -0.39 is 22.8 Å². The molecule has 0 bridgehead atoms. The van der Waals surface area contributed by atoms with Crippen molar-refractivity contribution in [2.24, 2.45) is 0 Å². The van der Waals surface area contributed by atoms with Gasteiger partial charge in [0.2, 0.25) is 5.91 Å². The molecule has 1 saturated heterocycles. The van der Waals surface area contributed by atoms with Gasteiger partial charge < -0.3 is 19.1 Å². The minimum atomic E-state index is -0.479. The summed E-state index contributed by atoms with van der Waals surface area (Å²) in [5.41, 5.74) is 3.30. The first kappa shape index (κ1) is 27.8. The van der Waals surface area contributed by atoms with Crippen LogP contribution < -0.4 is 0 Å². The van der Waals surface area contributed by atoms with Gasteiger partial charge in [-0.3, -0.25) is 14.9 Å². The number of hydrogen-bond acceptors (Lipinski definition) is 5. The molecule has 0 radical (unpaired) electrons. The Kier molecular flexibility index (Phi) is 8.28. The lowest BCUT2D eigenvalue weighted by atomic mass is 9.87. The van der Waals surface area contributed by atoms with Crippen LogP contribution >= 0.6 is 0 Å². The molecule has 1 unspecified atom stereocenters. The number of fused-ring (bicyclic) bond motifs is 1. The van der Waals surface area contributed by atoms with Gasteiger partial charge in [0, 0.05) is 74.3 Å². The number of hydrogen-bond donors (Lipinski definition) is 0. The van der Waals surface area contributed by atoms with Crippen LogP contribution in [-0.2, 0) is 16.1 Å². The van der Waals surface area contributed by atoms with Gasteiger partial charge >= 0.3 is 6.09 Å². The van der Waals surface area contributed by atoms with Crippen LogP contribution in [0.5, 0.6) is 0 Å². The molecular weight excluding hydrogens is 527 g/mol. The van der Waals surface area contributed by atoms with Crippen molar-refractivity contribution in [1.29, 1.82) is 0 Å². The zero-order chi connectivity index (χ0) is 28.9. The Morgan fingerprint density at radius 1 is 0.976 bits per heavy atom. The van der Waals surface area contributed by atoms with Crippen LogP contribution in [0.4, 0.5) is 14.9 Å². The molecule has 0 saturated carbocycles. The number of aromatic nitrogens is 1. The number of nitrogens with zero attached hydrogens (tertiary/aromatic N) is 4. The van der Waals surface area contributed by atoms with Crippen molar-refractivity contribution in [3.63, 3.8) is 0 Å². The van der Waals surface area contributed by atoms with Gasteiger partial charge in [0.15, 0.2) is 0 Å². The van der Waals surface area contributed by atoms with Crippen LogP contribution in [0.3, 0.4) is 0 Å². The predicted octanol–water partition coefficient (Wildman–Crippen LogP) is 5.56. The van der Waals surface area contributed by atoms with E-state index >= 15 is 0 Å². The molecule has 5 rings (SSSR count). The highest BCUT2D eigenvalue weighted by Gasteiger charge is 2.29. The van der Waals surface area contributed by atoms with Gasteiger partial charge in [-0.05, 0) is 41.8 Å². The molecule has 2 amide bonds. The normalized spacial score (nSPS) is 14.2. The highest BCUT2D eigenvalue weighted by Crippen LogP contribution is 2.37. The lowest BCUT2D eigenvalue weighted by molar-refractivity contribution is -0.384. The summed E-state index contributed by atoms with van der Waals surface area (Å²) in [4.78, 5) is 40.3. The number of ether oxygens (including phenoxy) is 1. The SMILES string of the molecule is CCOC(=O)N1CCN(C(=O)CC(c2ccc(F)cc2)c2cn(Cc3ccccc3)c3ccc([N+](=O)[O-])cc23)CC1. The minimum absolute atomic E-state index is 0.0459. The first-order valence-corrected chi connectivity index (χ1v) is 13.6. The fourth-order valence-corrected chi connectivity index (χ4v) is 5.37. The van der Waals surface area contributed by atoms with E-state index in [2.05, 4.69) is 0 Å². The molecule has 0 aliphatic carbocycles. The van der Waals surface area contributed by atoms with Crippen LogP contribution in [0, 0.1) is 15.9 Å². The highest BCUT2D eigenvalue weighted by molar-refractivity contribution is 5.88. The van der Waals surface area contributed by atoms with Crippen LogP contribution in [0.1, 0.15) is 36.0 Å². The number of non-ortho nitro benzene ring substituents is 1. The van der Waals surface area contributed by atoms with E-state index in [4.69, 9.17) is 4.74 Å². The van der Waals surface area contributed by atoms with E-state index in [1.165, 1.54) is 18.2 Å². The van der Waals surface area contributed by atoms with Crippen molar-refractivity contribution in [3.05, 3.63) is 112 Å². The number of piperazine rings is 1. The Balaban J connectivity index is 1.51. The predicted molar refractivity (Wildman–Crippen MR) is 152 cm³/mol. The number of benzene rings is 3. The maximum absolute atomic E-state index is 13.9. The first-order valence-electron chi connectivity index (χ1n) is 13.6. The molecule has 10 heteroatoms. The van der Waals surface area contributed by atoms with Crippen molar-refractivity contribution in [1.82, 2.24) is 14.4 Å². The third kappa shape index (κ3) is 6.21. The van der Waals surface area contributed by atoms with Gasteiger partial charge in [-0.15, -0.1) is 0 Å². The number of carbonyl (C=O) groups is 2. The van der Waals surface area contributed by atoms with Gasteiger partial charge in [-0.25, -0.2) is 9.18 Å². The summed E-state index contributed by atoms with van der Waals surface area (Å²) in [5, 5.41) is 12.4. The second-order valence-electron chi connectivity index (χ2n) is 10.0. The number of rotatable bonds is 8. The van der Waals surface area contributed by atoms with E-state index in [1.807, 2.05) is 41.1 Å². The number of halogens is 1. The zero-order valence-electron chi connectivity index (χ0n) is 22.7. The first-order chi connectivity index (χ1) is 19.8. The minimum Gasteiger partial charge on any atom is -0.450 e. The summed E-state index contributed by atoms with van der Waals surface area (Å²) < 4.78 is 21.0. The Hall–Kier alpha value is -4.73. The standard InChI is InChI=1S/C31H31FN4O5/c1-2-41-31(38)34-16-14-33(15-17-34)30(37)19-26(23-8-10-24(32)11-9-23)28-21-35(20-22-6-4-3-5-7-22)29-13-12-25(36(39)40)18-27(28)29/h3-13,18,21,26H,2,14-17,19-20H2,1H3. The smallest absolute Gasteiger partial charge is 0.409 e. The number of carbonyl (C=O) groups excluding carboxylic acids is 2. The lowest BCUT2D eigenvalue weighted by Crippen LogP contribution is -2.50. The average Bonchev–Trinajstić information content (AvgIpc) is 3.34. The zero-order valence-corrected chi connectivity index (χ0v) is 22.7. The van der Waals surface area contributed by atoms with E-state index in [-0.39, 0.29) is 24.6 Å². The molecule has 1 fully saturated rings. The molecule has 2 heterocycles. The Bertz CT molecular complexity index is 1550. The molecule has 0 N–H and O–H groups in total. The quantitative estimate of drug-likeness (QED) is 0.208. The topological polar surface area (TPSA) is 97.9 Å². The van der Waals surface area contributed by atoms with Gasteiger partial charge in [0.1, 0.15) is 5.82 Å². The van der Waals surface area contributed by atoms with Gasteiger partial charge in [0.25, 0.3) is 5.69 Å². The molecular formula is C31H31FN4O5. The lowest BCUT2D eigenvalue weighted by Gasteiger charge is -2.34. The summed E-state index contributed by atoms with van der Waals surface area (Å²) in [6.45, 7) is 4.05. The molecule has 1 aliphatic rings. The van der Waals surface area contributed by atoms with Crippen molar-refractivity contribution < 1.29 is 23.6 Å². The molecule has 3 aromatic carbocycles. The number of nitro groups is 1. The molecule has 4 aromatic rings. The third-order valence-corrected chi connectivity index (χ3v) is 7.49. The van der Waals surface area contributed by atoms with E-state index in [0.717, 1.165) is 22.2 Å². The molecule has 9 nitrogen and oxygen atoms in total. The Morgan fingerprint density at radius 3 is 2.32 bits per heavy atom. The Labute approximate surface area is 236 Å². The van der Waals surface area contributed by atoms with Crippen molar-refractivity contribution in [2.45, 2.75) is 25.8 Å². The molecule has 1 aliphatic heterocycles. The second kappa shape index (κ2) is 12.2. The van der Waals surface area contributed by atoms with Crippen LogP contribution in [-0.4, -0.2) is 64.1 Å². The number of nitro benzene ring substituents is 1. The largest absolute Gasteiger partial charge is 0.450 e. The fourth-order valence-electron chi connectivity index (χ4n) is 5.37. The monoisotopic (exact) mass is 558 g/mol. The van der Waals surface area contributed by atoms with Gasteiger partial charge in [0.05, 0.1) is 11.5 Å². The van der Waals surface area contributed by atoms with Crippen LogP contribution in [0.25, 0.3) is 10.9 Å². The second-order valence-corrected chi connectivity index (χ2v) is 10.0. The van der Waals surface area contributed by atoms with Crippen molar-refractivity contribution >= 4 is 28.6 Å². The highest BCUT2D eigenvalue weighted by atomic mass is 19.1. The van der Waals surface area contributed by atoms with Crippen molar-refractivity contribution in [2.75, 3.05) is 32.8 Å². The third-order valence-electron chi connectivity index (χ3n) is 7.49. The number of amides is 2. The van der Waals surface area contributed by atoms with Crippen LogP contribution in [0.15, 0.2) is 79.0 Å². The molecule has 0 spiro atoms. The van der Waals surface area contributed by atoms with E-state index in [9.17, 15) is 24.1 Å². The van der Waals surface area contributed by atoms with Crippen molar-refractivity contribution in [3.8, 4) is 0 Å². The summed E-state index contributed by atoms with van der Waals surface area (Å²) in [6, 6.07) is 20.7. The summed E-state index contributed by atoms with van der Waals surface area (Å²) in [6.07, 6.45) is 1.64. The van der Waals surface area contributed by atoms with Gasteiger partial charge in [-0.1, -0.05) is 42.5 Å². The van der Waals surface area contributed by atoms with Gasteiger partial charge in [-0.2, -0.15) is 0 Å². The molecule has 212 valence electrons. The summed E-state index contributed by atoms with van der Waals surface area (Å²) in [5.74, 6) is -0.985.